The van der Waals surface area contributed by atoms with Gasteiger partial charge in [-0.3, -0.25) is 0 Å². The van der Waals surface area contributed by atoms with Crippen LogP contribution in [0.1, 0.15) is 39.0 Å². The largest absolute Gasteiger partial charge is 0.375 e. The number of aromatic nitrogens is 1. The SMILES string of the molecule is Cc1cc(CNC(C)C)cc(N2CC(C)OCC2C)n1. The summed E-state index contributed by atoms with van der Waals surface area (Å²) in [4.78, 5) is 7.07. The van der Waals surface area contributed by atoms with Gasteiger partial charge in [-0.15, -0.1) is 0 Å². The lowest BCUT2D eigenvalue weighted by molar-refractivity contribution is 0.0340. The van der Waals surface area contributed by atoms with Crippen LogP contribution < -0.4 is 10.2 Å². The molecule has 4 heteroatoms. The molecule has 1 aliphatic rings. The van der Waals surface area contributed by atoms with Crippen LogP contribution in [-0.2, 0) is 11.3 Å². The predicted octanol–water partition coefficient (Wildman–Crippen LogP) is 2.50. The van der Waals surface area contributed by atoms with Crippen LogP contribution in [0, 0.1) is 6.92 Å². The minimum atomic E-state index is 0.269. The number of hydrogen-bond acceptors (Lipinski definition) is 4. The van der Waals surface area contributed by atoms with Gasteiger partial charge in [-0.05, 0) is 38.5 Å². The maximum Gasteiger partial charge on any atom is 0.129 e. The monoisotopic (exact) mass is 277 g/mol. The fourth-order valence-corrected chi connectivity index (χ4v) is 2.51. The topological polar surface area (TPSA) is 37.4 Å². The summed E-state index contributed by atoms with van der Waals surface area (Å²) in [6.45, 7) is 13.3. The number of nitrogens with zero attached hydrogens (tertiary/aromatic N) is 2. The molecule has 2 rings (SSSR count). The molecule has 1 N–H and O–H groups in total. The van der Waals surface area contributed by atoms with E-state index < -0.39 is 0 Å². The Morgan fingerprint density at radius 3 is 2.85 bits per heavy atom. The van der Waals surface area contributed by atoms with Crippen molar-refractivity contribution < 1.29 is 4.74 Å². The average molecular weight is 277 g/mol. The molecule has 1 saturated heterocycles. The summed E-state index contributed by atoms with van der Waals surface area (Å²) in [5.74, 6) is 1.08. The predicted molar refractivity (Wildman–Crippen MR) is 83.2 cm³/mol. The van der Waals surface area contributed by atoms with Gasteiger partial charge in [-0.25, -0.2) is 4.98 Å². The van der Waals surface area contributed by atoms with Crippen LogP contribution in [0.15, 0.2) is 12.1 Å². The Balaban J connectivity index is 2.18. The quantitative estimate of drug-likeness (QED) is 0.917. The van der Waals surface area contributed by atoms with E-state index in [2.05, 4.69) is 57.0 Å². The highest BCUT2D eigenvalue weighted by molar-refractivity contribution is 5.44. The molecule has 0 spiro atoms. The standard InChI is InChI=1S/C16H27N3O/c1-11(2)17-8-15-6-12(3)18-16(7-15)19-9-14(5)20-10-13(19)4/h6-7,11,13-14,17H,8-10H2,1-5H3. The van der Waals surface area contributed by atoms with E-state index in [9.17, 15) is 0 Å². The molecule has 0 radical (unpaired) electrons. The lowest BCUT2D eigenvalue weighted by Gasteiger charge is -2.38. The van der Waals surface area contributed by atoms with E-state index in [1.54, 1.807) is 0 Å². The number of anilines is 1. The molecule has 0 amide bonds. The van der Waals surface area contributed by atoms with E-state index in [1.807, 2.05) is 0 Å². The number of rotatable bonds is 4. The van der Waals surface area contributed by atoms with E-state index in [1.165, 1.54) is 5.56 Å². The van der Waals surface area contributed by atoms with Crippen LogP contribution in [0.3, 0.4) is 0 Å². The van der Waals surface area contributed by atoms with Crippen molar-refractivity contribution >= 4 is 5.82 Å². The average Bonchev–Trinajstić information content (AvgIpc) is 2.38. The second-order valence-corrected chi connectivity index (χ2v) is 6.16. The zero-order chi connectivity index (χ0) is 14.7. The molecule has 2 atom stereocenters. The first-order valence-electron chi connectivity index (χ1n) is 7.55. The second kappa shape index (κ2) is 6.55. The Labute approximate surface area is 122 Å². The van der Waals surface area contributed by atoms with Gasteiger partial charge in [0.25, 0.3) is 0 Å². The second-order valence-electron chi connectivity index (χ2n) is 6.16. The third-order valence-corrected chi connectivity index (χ3v) is 3.62. The van der Waals surface area contributed by atoms with Crippen LogP contribution >= 0.6 is 0 Å². The van der Waals surface area contributed by atoms with Gasteiger partial charge in [0.05, 0.1) is 18.8 Å². The molecule has 0 aliphatic carbocycles. The molecule has 1 fully saturated rings. The van der Waals surface area contributed by atoms with Crippen LogP contribution in [-0.4, -0.2) is 36.3 Å². The van der Waals surface area contributed by atoms with Crippen LogP contribution in [0.4, 0.5) is 5.82 Å². The Bertz CT molecular complexity index is 447. The Kier molecular flexibility index (Phi) is 5.00. The van der Waals surface area contributed by atoms with Gasteiger partial charge < -0.3 is 15.0 Å². The summed E-state index contributed by atoms with van der Waals surface area (Å²) in [5.41, 5.74) is 2.38. The maximum atomic E-state index is 5.70. The molecule has 1 aromatic rings. The fraction of sp³-hybridized carbons (Fsp3) is 0.688. The van der Waals surface area contributed by atoms with Gasteiger partial charge >= 0.3 is 0 Å². The van der Waals surface area contributed by atoms with Gasteiger partial charge in [0.1, 0.15) is 5.82 Å². The molecule has 0 aromatic carbocycles. The first kappa shape index (κ1) is 15.3. The molecule has 1 aromatic heterocycles. The van der Waals surface area contributed by atoms with Gasteiger partial charge in [0.15, 0.2) is 0 Å². The summed E-state index contributed by atoms with van der Waals surface area (Å²) in [7, 11) is 0. The molecule has 20 heavy (non-hydrogen) atoms. The first-order valence-corrected chi connectivity index (χ1v) is 7.55. The van der Waals surface area contributed by atoms with Gasteiger partial charge in [0.2, 0.25) is 0 Å². The number of morpholine rings is 1. The highest BCUT2D eigenvalue weighted by Gasteiger charge is 2.24. The molecule has 2 unspecified atom stereocenters. The van der Waals surface area contributed by atoms with E-state index in [-0.39, 0.29) is 6.10 Å². The van der Waals surface area contributed by atoms with Crippen molar-refractivity contribution in [1.82, 2.24) is 10.3 Å². The van der Waals surface area contributed by atoms with E-state index in [4.69, 9.17) is 9.72 Å². The lowest BCUT2D eigenvalue weighted by atomic mass is 10.1. The first-order chi connectivity index (χ1) is 9.45. The molecular weight excluding hydrogens is 250 g/mol. The molecule has 2 heterocycles. The minimum absolute atomic E-state index is 0.269. The summed E-state index contributed by atoms with van der Waals surface area (Å²) in [6, 6.07) is 5.24. The minimum Gasteiger partial charge on any atom is -0.375 e. The smallest absolute Gasteiger partial charge is 0.129 e. The van der Waals surface area contributed by atoms with Gasteiger partial charge in [-0.2, -0.15) is 0 Å². The lowest BCUT2D eigenvalue weighted by Crippen LogP contribution is -2.47. The number of nitrogens with one attached hydrogen (secondary N) is 1. The Morgan fingerprint density at radius 2 is 2.15 bits per heavy atom. The molecule has 112 valence electrons. The Morgan fingerprint density at radius 1 is 1.40 bits per heavy atom. The number of hydrogen-bond donors (Lipinski definition) is 1. The van der Waals surface area contributed by atoms with Crippen molar-refractivity contribution in [2.45, 2.75) is 59.4 Å². The highest BCUT2D eigenvalue weighted by atomic mass is 16.5. The van der Waals surface area contributed by atoms with E-state index in [0.29, 0.717) is 12.1 Å². The summed E-state index contributed by atoms with van der Waals surface area (Å²) in [6.07, 6.45) is 0.269. The van der Waals surface area contributed by atoms with Crippen molar-refractivity contribution in [2.24, 2.45) is 0 Å². The molecule has 0 saturated carbocycles. The Hall–Kier alpha value is -1.13. The summed E-state index contributed by atoms with van der Waals surface area (Å²) in [5, 5.41) is 3.47. The van der Waals surface area contributed by atoms with E-state index >= 15 is 0 Å². The zero-order valence-corrected chi connectivity index (χ0v) is 13.3. The maximum absolute atomic E-state index is 5.70. The molecule has 0 bridgehead atoms. The van der Waals surface area contributed by atoms with Crippen LogP contribution in [0.5, 0.6) is 0 Å². The third-order valence-electron chi connectivity index (χ3n) is 3.62. The number of aryl methyl sites for hydroxylation is 1. The van der Waals surface area contributed by atoms with Crippen molar-refractivity contribution in [3.8, 4) is 0 Å². The van der Waals surface area contributed by atoms with Crippen LogP contribution in [0.25, 0.3) is 0 Å². The third kappa shape index (κ3) is 3.93. The molecule has 4 nitrogen and oxygen atoms in total. The molecule has 1 aliphatic heterocycles. The fourth-order valence-electron chi connectivity index (χ4n) is 2.51. The summed E-state index contributed by atoms with van der Waals surface area (Å²) < 4.78 is 5.70. The van der Waals surface area contributed by atoms with Gasteiger partial charge in [-0.1, -0.05) is 13.8 Å². The zero-order valence-electron chi connectivity index (χ0n) is 13.3. The number of pyridine rings is 1. The van der Waals surface area contributed by atoms with Crippen LogP contribution in [0.2, 0.25) is 0 Å². The summed E-state index contributed by atoms with van der Waals surface area (Å²) >= 11 is 0. The van der Waals surface area contributed by atoms with Crippen molar-refractivity contribution in [3.05, 3.63) is 23.4 Å². The van der Waals surface area contributed by atoms with Crippen molar-refractivity contribution in [2.75, 3.05) is 18.1 Å². The van der Waals surface area contributed by atoms with Crippen molar-refractivity contribution in [1.29, 1.82) is 0 Å². The van der Waals surface area contributed by atoms with E-state index in [0.717, 1.165) is 31.2 Å². The molecular formula is C16H27N3O. The normalized spacial score (nSPS) is 23.4. The number of ether oxygens (including phenoxy) is 1. The highest BCUT2D eigenvalue weighted by Crippen LogP contribution is 2.21. The van der Waals surface area contributed by atoms with Gasteiger partial charge in [0, 0.05) is 24.8 Å². The van der Waals surface area contributed by atoms with Crippen molar-refractivity contribution in [3.63, 3.8) is 0 Å².